The molecule has 0 saturated heterocycles. The predicted molar refractivity (Wildman–Crippen MR) is 159 cm³/mol. The third-order valence-electron chi connectivity index (χ3n) is 5.94. The van der Waals surface area contributed by atoms with Crippen LogP contribution in [0.4, 0.5) is 5.69 Å². The molecule has 3 aromatic rings. The van der Waals surface area contributed by atoms with Gasteiger partial charge in [0.25, 0.3) is 0 Å². The lowest BCUT2D eigenvalue weighted by atomic mass is 10.1. The van der Waals surface area contributed by atoms with E-state index in [2.05, 4.69) is 13.0 Å². The zero-order chi connectivity index (χ0) is 29.2. The van der Waals surface area contributed by atoms with E-state index in [1.54, 1.807) is 0 Å². The van der Waals surface area contributed by atoms with Crippen LogP contribution in [-0.2, 0) is 15.9 Å². The van der Waals surface area contributed by atoms with E-state index in [4.69, 9.17) is 65.4 Å². The average molecular weight is 629 g/mol. The minimum absolute atomic E-state index is 0.0186. The van der Waals surface area contributed by atoms with Crippen LogP contribution in [0.5, 0.6) is 11.5 Å². The van der Waals surface area contributed by atoms with Crippen molar-refractivity contribution in [1.29, 1.82) is 0 Å². The first-order chi connectivity index (χ1) is 19.2. The monoisotopic (exact) mass is 627 g/mol. The molecule has 0 saturated carbocycles. The van der Waals surface area contributed by atoms with Crippen LogP contribution in [0.25, 0.3) is 0 Å². The fraction of sp³-hybridized carbons (Fsp3) is 0.310. The molecule has 0 atom stereocenters. The SMILES string of the molecule is CCCc1cccc(N(CCOC(=O)c2c(Cl)ccc(Cl)c2OC)CCOC(=O)c2c(Cl)ccc(Cl)c2OC)c1. The molecular formula is C29H29Cl4NO6. The van der Waals surface area contributed by atoms with Crippen LogP contribution in [0, 0.1) is 0 Å². The predicted octanol–water partition coefficient (Wildman–Crippen LogP) is 7.79. The first-order valence-corrected chi connectivity index (χ1v) is 13.9. The van der Waals surface area contributed by atoms with Crippen molar-refractivity contribution in [2.24, 2.45) is 0 Å². The number of halogens is 4. The molecule has 214 valence electrons. The Bertz CT molecular complexity index is 1270. The number of benzene rings is 3. The van der Waals surface area contributed by atoms with Crippen molar-refractivity contribution in [3.8, 4) is 11.5 Å². The fourth-order valence-electron chi connectivity index (χ4n) is 4.05. The summed E-state index contributed by atoms with van der Waals surface area (Å²) in [5.41, 5.74) is 2.14. The van der Waals surface area contributed by atoms with Gasteiger partial charge in [0.2, 0.25) is 0 Å². The second-order valence-corrected chi connectivity index (χ2v) is 10.2. The number of aryl methyl sites for hydroxylation is 1. The zero-order valence-electron chi connectivity index (χ0n) is 22.3. The molecule has 0 unspecified atom stereocenters. The molecule has 0 aliphatic rings. The lowest BCUT2D eigenvalue weighted by Crippen LogP contribution is -2.32. The summed E-state index contributed by atoms with van der Waals surface area (Å²) in [6, 6.07) is 14.1. The quantitative estimate of drug-likeness (QED) is 0.179. The van der Waals surface area contributed by atoms with Gasteiger partial charge in [-0.1, -0.05) is 71.9 Å². The number of anilines is 1. The molecule has 0 radical (unpaired) electrons. The fourth-order valence-corrected chi connectivity index (χ4v) is 4.98. The molecule has 0 amide bonds. The second-order valence-electron chi connectivity index (χ2n) is 8.55. The van der Waals surface area contributed by atoms with Gasteiger partial charge in [0.15, 0.2) is 11.5 Å². The van der Waals surface area contributed by atoms with Crippen LogP contribution in [0.15, 0.2) is 48.5 Å². The highest BCUT2D eigenvalue weighted by Gasteiger charge is 2.23. The molecule has 3 rings (SSSR count). The molecule has 0 aliphatic heterocycles. The first kappa shape index (κ1) is 31.7. The molecule has 3 aromatic carbocycles. The molecule has 0 N–H and O–H groups in total. The lowest BCUT2D eigenvalue weighted by molar-refractivity contribution is 0.0501. The number of hydrogen-bond donors (Lipinski definition) is 0. The first-order valence-electron chi connectivity index (χ1n) is 12.4. The summed E-state index contributed by atoms with van der Waals surface area (Å²) < 4.78 is 21.6. The molecule has 0 aliphatic carbocycles. The van der Waals surface area contributed by atoms with Crippen LogP contribution in [-0.4, -0.2) is 52.5 Å². The highest BCUT2D eigenvalue weighted by Crippen LogP contribution is 2.35. The van der Waals surface area contributed by atoms with E-state index >= 15 is 0 Å². The lowest BCUT2D eigenvalue weighted by Gasteiger charge is -2.25. The molecule has 0 fully saturated rings. The van der Waals surface area contributed by atoms with Gasteiger partial charge in [-0.2, -0.15) is 0 Å². The minimum atomic E-state index is -0.668. The minimum Gasteiger partial charge on any atom is -0.494 e. The summed E-state index contributed by atoms with van der Waals surface area (Å²) >= 11 is 24.8. The van der Waals surface area contributed by atoms with E-state index in [1.807, 2.05) is 23.1 Å². The second kappa shape index (κ2) is 15.2. The van der Waals surface area contributed by atoms with Gasteiger partial charge in [-0.25, -0.2) is 9.59 Å². The summed E-state index contributed by atoms with van der Waals surface area (Å²) in [7, 11) is 2.79. The van der Waals surface area contributed by atoms with E-state index in [9.17, 15) is 9.59 Å². The van der Waals surface area contributed by atoms with E-state index in [-0.39, 0.29) is 55.9 Å². The molecule has 7 nitrogen and oxygen atoms in total. The van der Waals surface area contributed by atoms with Crippen LogP contribution >= 0.6 is 46.4 Å². The van der Waals surface area contributed by atoms with E-state index in [0.717, 1.165) is 24.1 Å². The van der Waals surface area contributed by atoms with Crippen LogP contribution in [0.2, 0.25) is 20.1 Å². The molecule has 0 spiro atoms. The van der Waals surface area contributed by atoms with Crippen LogP contribution in [0.1, 0.15) is 39.6 Å². The Morgan fingerprint density at radius 2 is 1.20 bits per heavy atom. The van der Waals surface area contributed by atoms with Crippen molar-refractivity contribution in [2.45, 2.75) is 19.8 Å². The van der Waals surface area contributed by atoms with Crippen molar-refractivity contribution in [2.75, 3.05) is 45.4 Å². The standard InChI is InChI=1S/C29H29Cl4NO6/c1-4-6-18-7-5-8-19(17-18)34(13-15-39-28(35)24-20(30)9-11-22(32)26(24)37-2)14-16-40-29(36)25-21(31)10-12-23(33)27(25)38-3/h5,7-12,17H,4,6,13-16H2,1-3H3. The van der Waals surface area contributed by atoms with E-state index in [0.29, 0.717) is 13.1 Å². The van der Waals surface area contributed by atoms with Gasteiger partial charge in [-0.05, 0) is 48.4 Å². The number of esters is 2. The van der Waals surface area contributed by atoms with Gasteiger partial charge in [0, 0.05) is 5.69 Å². The number of carbonyl (C=O) groups is 2. The summed E-state index contributed by atoms with van der Waals surface area (Å²) in [5, 5.41) is 0.813. The molecule has 40 heavy (non-hydrogen) atoms. The van der Waals surface area contributed by atoms with Crippen LogP contribution < -0.4 is 14.4 Å². The summed E-state index contributed by atoms with van der Waals surface area (Å²) in [4.78, 5) is 27.7. The maximum Gasteiger partial charge on any atom is 0.343 e. The topological polar surface area (TPSA) is 74.3 Å². The Balaban J connectivity index is 1.73. The number of nitrogens with zero attached hydrogens (tertiary/aromatic N) is 1. The van der Waals surface area contributed by atoms with Crippen molar-refractivity contribution >= 4 is 64.0 Å². The third kappa shape index (κ3) is 7.88. The largest absolute Gasteiger partial charge is 0.494 e. The molecule has 0 aromatic heterocycles. The van der Waals surface area contributed by atoms with Crippen LogP contribution in [0.3, 0.4) is 0 Å². The van der Waals surface area contributed by atoms with Crippen molar-refractivity contribution in [1.82, 2.24) is 0 Å². The molecule has 11 heteroatoms. The maximum absolute atomic E-state index is 12.9. The smallest absolute Gasteiger partial charge is 0.343 e. The van der Waals surface area contributed by atoms with Gasteiger partial charge in [-0.15, -0.1) is 0 Å². The third-order valence-corrected chi connectivity index (χ3v) is 7.16. The Morgan fingerprint density at radius 1 is 0.725 bits per heavy atom. The number of methoxy groups -OCH3 is 2. The molecule has 0 bridgehead atoms. The highest BCUT2D eigenvalue weighted by atomic mass is 35.5. The van der Waals surface area contributed by atoms with Gasteiger partial charge in [0.05, 0.1) is 47.4 Å². The number of rotatable bonds is 13. The summed E-state index contributed by atoms with van der Waals surface area (Å²) in [6.07, 6.45) is 1.90. The van der Waals surface area contributed by atoms with Crippen molar-refractivity contribution in [3.05, 3.63) is 85.3 Å². The van der Waals surface area contributed by atoms with Crippen molar-refractivity contribution in [3.63, 3.8) is 0 Å². The molecular weight excluding hydrogens is 600 g/mol. The average Bonchev–Trinajstić information content (AvgIpc) is 2.94. The van der Waals surface area contributed by atoms with E-state index in [1.165, 1.54) is 38.5 Å². The Labute approximate surface area is 253 Å². The summed E-state index contributed by atoms with van der Waals surface area (Å²) in [6.45, 7) is 2.75. The Kier molecular flexibility index (Phi) is 12.1. The van der Waals surface area contributed by atoms with Gasteiger partial charge < -0.3 is 23.8 Å². The Hall–Kier alpha value is -2.84. The van der Waals surface area contributed by atoms with Gasteiger partial charge >= 0.3 is 11.9 Å². The number of ether oxygens (including phenoxy) is 4. The highest BCUT2D eigenvalue weighted by molar-refractivity contribution is 6.37. The van der Waals surface area contributed by atoms with Crippen molar-refractivity contribution < 1.29 is 28.5 Å². The number of carbonyl (C=O) groups excluding carboxylic acids is 2. The molecule has 0 heterocycles. The number of hydrogen-bond acceptors (Lipinski definition) is 7. The van der Waals surface area contributed by atoms with Gasteiger partial charge in [-0.3, -0.25) is 0 Å². The maximum atomic E-state index is 12.9. The normalized spacial score (nSPS) is 10.7. The summed E-state index contributed by atoms with van der Waals surface area (Å²) in [5.74, 6) is -1.05. The van der Waals surface area contributed by atoms with E-state index < -0.39 is 11.9 Å². The Morgan fingerprint density at radius 3 is 1.65 bits per heavy atom. The van der Waals surface area contributed by atoms with Gasteiger partial charge in [0.1, 0.15) is 24.3 Å². The zero-order valence-corrected chi connectivity index (χ0v) is 25.3.